The Morgan fingerprint density at radius 3 is 2.45 bits per heavy atom. The van der Waals surface area contributed by atoms with Crippen LogP contribution in [-0.2, 0) is 0 Å². The fourth-order valence-corrected chi connectivity index (χ4v) is 4.71. The molecular formula is C23H27ClN5O2. The van der Waals surface area contributed by atoms with E-state index in [2.05, 4.69) is 40.6 Å². The number of fused-ring (bicyclic) bond motifs is 1. The minimum atomic E-state index is -0.690. The molecule has 3 heterocycles. The van der Waals surface area contributed by atoms with Gasteiger partial charge in [-0.1, -0.05) is 41.9 Å². The van der Waals surface area contributed by atoms with Crippen LogP contribution in [0.3, 0.4) is 0 Å². The van der Waals surface area contributed by atoms with Crippen LogP contribution >= 0.6 is 11.6 Å². The Morgan fingerprint density at radius 1 is 1.13 bits per heavy atom. The number of primary amides is 1. The van der Waals surface area contributed by atoms with Gasteiger partial charge in [-0.3, -0.25) is 9.69 Å². The molecule has 7 nitrogen and oxygen atoms in total. The molecule has 0 saturated carbocycles. The van der Waals surface area contributed by atoms with Gasteiger partial charge in [0.1, 0.15) is 5.15 Å². The largest absolute Gasteiger partial charge is 0.351 e. The molecule has 1 radical (unpaired) electrons. The van der Waals surface area contributed by atoms with E-state index in [0.29, 0.717) is 30.5 Å². The van der Waals surface area contributed by atoms with Crippen molar-refractivity contribution >= 4 is 29.4 Å². The van der Waals surface area contributed by atoms with Gasteiger partial charge in [-0.05, 0) is 48.9 Å². The lowest BCUT2D eigenvalue weighted by Crippen LogP contribution is -2.37. The van der Waals surface area contributed by atoms with E-state index in [4.69, 9.17) is 17.3 Å². The van der Waals surface area contributed by atoms with Gasteiger partial charge in [0.2, 0.25) is 0 Å². The molecule has 1 aromatic heterocycles. The number of anilines is 1. The topological polar surface area (TPSA) is 82.8 Å². The van der Waals surface area contributed by atoms with Crippen LogP contribution in [0.2, 0.25) is 5.15 Å². The first-order valence-electron chi connectivity index (χ1n) is 10.5. The molecule has 2 saturated heterocycles. The third-order valence-corrected chi connectivity index (χ3v) is 6.40. The minimum absolute atomic E-state index is 0.134. The first kappa shape index (κ1) is 21.6. The van der Waals surface area contributed by atoms with Gasteiger partial charge in [0.25, 0.3) is 5.91 Å². The predicted octanol–water partition coefficient (Wildman–Crippen LogP) is 2.90. The van der Waals surface area contributed by atoms with Crippen molar-refractivity contribution < 1.29 is 9.59 Å². The zero-order valence-electron chi connectivity index (χ0n) is 17.6. The summed E-state index contributed by atoms with van der Waals surface area (Å²) in [4.78, 5) is 34.5. The molecule has 0 bridgehead atoms. The number of hydrogen-bond donors (Lipinski definition) is 1. The quantitative estimate of drug-likeness (QED) is 0.700. The first-order chi connectivity index (χ1) is 14.9. The number of hydrogen-bond acceptors (Lipinski definition) is 4. The van der Waals surface area contributed by atoms with Gasteiger partial charge in [0.15, 0.2) is 5.82 Å². The predicted molar refractivity (Wildman–Crippen MR) is 121 cm³/mol. The second-order valence-corrected chi connectivity index (χ2v) is 8.68. The molecule has 2 fully saturated rings. The number of amides is 3. The van der Waals surface area contributed by atoms with Crippen molar-refractivity contribution in [2.75, 3.05) is 44.7 Å². The average Bonchev–Trinajstić information content (AvgIpc) is 3.32. The highest BCUT2D eigenvalue weighted by molar-refractivity contribution is 6.29. The van der Waals surface area contributed by atoms with Gasteiger partial charge >= 0.3 is 6.03 Å². The molecular weight excluding hydrogens is 414 g/mol. The molecule has 0 spiro atoms. The number of likely N-dealkylation sites (tertiary alicyclic amines) is 2. The number of rotatable bonds is 6. The Kier molecular flexibility index (Phi) is 6.43. The summed E-state index contributed by atoms with van der Waals surface area (Å²) in [6.07, 6.45) is 3.29. The number of halogens is 1. The van der Waals surface area contributed by atoms with Gasteiger partial charge in [-0.2, -0.15) is 0 Å². The Balaban J connectivity index is 1.34. The number of nitrogens with zero attached hydrogens (tertiary/aromatic N) is 4. The van der Waals surface area contributed by atoms with E-state index in [1.165, 1.54) is 12.6 Å². The molecule has 2 aliphatic rings. The number of carbonyl (C=O) groups is 2. The molecule has 31 heavy (non-hydrogen) atoms. The Bertz CT molecular complexity index is 940. The highest BCUT2D eigenvalue weighted by Crippen LogP contribution is 2.33. The summed E-state index contributed by atoms with van der Waals surface area (Å²) >= 11 is 5.98. The fraction of sp³-hybridized carbons (Fsp3) is 0.391. The number of urea groups is 1. The summed E-state index contributed by atoms with van der Waals surface area (Å²) < 4.78 is 0. The molecule has 4 rings (SSSR count). The number of pyridine rings is 1. The van der Waals surface area contributed by atoms with E-state index >= 15 is 0 Å². The summed E-state index contributed by atoms with van der Waals surface area (Å²) in [6, 6.07) is 12.9. The normalized spacial score (nSPS) is 20.6. The van der Waals surface area contributed by atoms with Gasteiger partial charge < -0.3 is 15.5 Å². The molecule has 2 atom stereocenters. The van der Waals surface area contributed by atoms with Crippen molar-refractivity contribution in [3.05, 3.63) is 65.2 Å². The monoisotopic (exact) mass is 440 g/mol. The van der Waals surface area contributed by atoms with Crippen molar-refractivity contribution in [3.8, 4) is 0 Å². The number of benzene rings is 1. The molecule has 1 aromatic carbocycles. The van der Waals surface area contributed by atoms with Gasteiger partial charge in [-0.15, -0.1) is 0 Å². The number of carbonyl (C=O) groups excluding carboxylic acids is 2. The van der Waals surface area contributed by atoms with Crippen LogP contribution in [0.5, 0.6) is 0 Å². The van der Waals surface area contributed by atoms with Gasteiger partial charge in [0, 0.05) is 33.2 Å². The number of aromatic nitrogens is 1. The lowest BCUT2D eigenvalue weighted by Gasteiger charge is -2.23. The summed E-state index contributed by atoms with van der Waals surface area (Å²) in [5, 5.41) is 0.209. The molecule has 8 heteroatoms. The van der Waals surface area contributed by atoms with Crippen LogP contribution in [0.4, 0.5) is 10.6 Å². The minimum Gasteiger partial charge on any atom is -0.351 e. The van der Waals surface area contributed by atoms with E-state index in [1.54, 1.807) is 12.1 Å². The third kappa shape index (κ3) is 4.83. The SMILES string of the molecule is CN(C(N)=O)c1nc(Cl)ccc1C(=O)N1CC2CN(CC[CH]c3ccccc3)C[C@H]2C1. The smallest absolute Gasteiger partial charge is 0.320 e. The summed E-state index contributed by atoms with van der Waals surface area (Å²) in [7, 11) is 1.49. The maximum absolute atomic E-state index is 13.2. The maximum Gasteiger partial charge on any atom is 0.320 e. The van der Waals surface area contributed by atoms with Gasteiger partial charge in [-0.25, -0.2) is 9.78 Å². The second-order valence-electron chi connectivity index (χ2n) is 8.30. The molecule has 2 aliphatic heterocycles. The third-order valence-electron chi connectivity index (χ3n) is 6.19. The lowest BCUT2D eigenvalue weighted by molar-refractivity contribution is 0.0774. The average molecular weight is 441 g/mol. The zero-order chi connectivity index (χ0) is 22.0. The zero-order valence-corrected chi connectivity index (χ0v) is 18.3. The van der Waals surface area contributed by atoms with E-state index in [1.807, 2.05) is 11.0 Å². The maximum atomic E-state index is 13.2. The highest BCUT2D eigenvalue weighted by atomic mass is 35.5. The molecule has 0 aliphatic carbocycles. The fourth-order valence-electron chi connectivity index (χ4n) is 4.56. The molecule has 3 amide bonds. The molecule has 2 aromatic rings. The van der Waals surface area contributed by atoms with E-state index in [0.717, 1.165) is 31.0 Å². The van der Waals surface area contributed by atoms with Crippen molar-refractivity contribution in [2.24, 2.45) is 17.6 Å². The first-order valence-corrected chi connectivity index (χ1v) is 10.9. The van der Waals surface area contributed by atoms with Crippen LogP contribution < -0.4 is 10.6 Å². The number of nitrogens with two attached hydrogens (primary N) is 1. The Hall–Kier alpha value is -2.64. The van der Waals surface area contributed by atoms with Crippen molar-refractivity contribution in [1.82, 2.24) is 14.8 Å². The Labute approximate surface area is 187 Å². The van der Waals surface area contributed by atoms with Gasteiger partial charge in [0.05, 0.1) is 5.56 Å². The van der Waals surface area contributed by atoms with Crippen LogP contribution in [0.15, 0.2) is 42.5 Å². The summed E-state index contributed by atoms with van der Waals surface area (Å²) in [5.41, 5.74) is 6.98. The van der Waals surface area contributed by atoms with Crippen molar-refractivity contribution in [3.63, 3.8) is 0 Å². The van der Waals surface area contributed by atoms with E-state index < -0.39 is 6.03 Å². The van der Waals surface area contributed by atoms with Crippen LogP contribution in [0.25, 0.3) is 0 Å². The second kappa shape index (κ2) is 9.24. The standard InChI is InChI=1S/C23H27ClN5O2/c1-27(23(25)31)21-19(9-10-20(24)26-21)22(30)29-14-17-12-28(13-18(17)15-29)11-5-8-16-6-3-2-4-7-16/h2-4,6-10,17-18H,5,11-15H2,1H3,(H2,25,31)/t17-,18?/m0/s1. The van der Waals surface area contributed by atoms with Crippen LogP contribution in [0, 0.1) is 18.3 Å². The lowest BCUT2D eigenvalue weighted by atomic mass is 10.0. The van der Waals surface area contributed by atoms with Crippen LogP contribution in [-0.4, -0.2) is 66.5 Å². The van der Waals surface area contributed by atoms with Crippen LogP contribution in [0.1, 0.15) is 22.3 Å². The van der Waals surface area contributed by atoms with E-state index in [9.17, 15) is 9.59 Å². The molecule has 2 N–H and O–H groups in total. The molecule has 1 unspecified atom stereocenters. The highest BCUT2D eigenvalue weighted by Gasteiger charge is 2.42. The molecule has 163 valence electrons. The summed E-state index contributed by atoms with van der Waals surface area (Å²) in [6.45, 7) is 4.47. The van der Waals surface area contributed by atoms with E-state index in [-0.39, 0.29) is 16.9 Å². The van der Waals surface area contributed by atoms with Crippen molar-refractivity contribution in [2.45, 2.75) is 6.42 Å². The Morgan fingerprint density at radius 2 is 1.81 bits per heavy atom. The summed E-state index contributed by atoms with van der Waals surface area (Å²) in [5.74, 6) is 1.00. The van der Waals surface area contributed by atoms with Crippen molar-refractivity contribution in [1.29, 1.82) is 0 Å².